The van der Waals surface area contributed by atoms with Crippen LogP contribution >= 0.6 is 35.0 Å². The second-order valence-electron chi connectivity index (χ2n) is 10.5. The fraction of sp³-hybridized carbons (Fsp3) is 0.273. The summed E-state index contributed by atoms with van der Waals surface area (Å²) >= 11 is 14.1. The van der Waals surface area contributed by atoms with E-state index in [0.29, 0.717) is 16.5 Å². The molecule has 208 valence electrons. The molecule has 0 aliphatic rings. The molecule has 0 spiro atoms. The number of fused-ring (bicyclic) bond motifs is 1. The Kier molecular flexibility index (Phi) is 10.3. The average molecular weight is 595 g/mol. The molecule has 0 fully saturated rings. The molecule has 4 aromatic rings. The minimum atomic E-state index is -0.969. The summed E-state index contributed by atoms with van der Waals surface area (Å²) in [5.74, 6) is -0.0754. The number of rotatable bonds is 12. The van der Waals surface area contributed by atoms with Crippen LogP contribution in [0.4, 0.5) is 0 Å². The predicted octanol–water partition coefficient (Wildman–Crippen LogP) is 9.37. The molecule has 0 aliphatic heterocycles. The van der Waals surface area contributed by atoms with Gasteiger partial charge in [0.05, 0.1) is 22.4 Å². The number of aromatic carboxylic acids is 1. The average Bonchev–Trinajstić information content (AvgIpc) is 2.91. The van der Waals surface area contributed by atoms with Crippen LogP contribution in [0.3, 0.4) is 0 Å². The number of aliphatic hydroxyl groups is 1. The third-order valence-corrected chi connectivity index (χ3v) is 8.54. The van der Waals surface area contributed by atoms with Crippen molar-refractivity contribution in [1.29, 1.82) is 0 Å². The molecule has 0 saturated carbocycles. The highest BCUT2D eigenvalue weighted by Crippen LogP contribution is 2.36. The highest BCUT2D eigenvalue weighted by molar-refractivity contribution is 7.99. The van der Waals surface area contributed by atoms with Gasteiger partial charge in [-0.1, -0.05) is 71.7 Å². The van der Waals surface area contributed by atoms with Gasteiger partial charge >= 0.3 is 5.97 Å². The van der Waals surface area contributed by atoms with Gasteiger partial charge in [0.25, 0.3) is 0 Å². The maximum Gasteiger partial charge on any atom is 0.336 e. The van der Waals surface area contributed by atoms with Gasteiger partial charge in [0.1, 0.15) is 0 Å². The molecular weight excluding hydrogens is 561 g/mol. The Bertz CT molecular complexity index is 1510. The van der Waals surface area contributed by atoms with E-state index in [0.717, 1.165) is 52.7 Å². The van der Waals surface area contributed by atoms with E-state index in [2.05, 4.69) is 30.3 Å². The molecule has 40 heavy (non-hydrogen) atoms. The van der Waals surface area contributed by atoms with Gasteiger partial charge in [-0.25, -0.2) is 9.78 Å². The predicted molar refractivity (Wildman–Crippen MR) is 170 cm³/mol. The largest absolute Gasteiger partial charge is 0.478 e. The van der Waals surface area contributed by atoms with Crippen molar-refractivity contribution in [3.8, 4) is 0 Å². The fourth-order valence-corrected chi connectivity index (χ4v) is 6.13. The Hall–Kier alpha value is -2.83. The third-order valence-electron chi connectivity index (χ3n) is 6.63. The summed E-state index contributed by atoms with van der Waals surface area (Å²) in [7, 11) is 0. The van der Waals surface area contributed by atoms with E-state index >= 15 is 0 Å². The van der Waals surface area contributed by atoms with Crippen LogP contribution in [0.15, 0.2) is 72.8 Å². The van der Waals surface area contributed by atoms with Crippen molar-refractivity contribution in [3.05, 3.63) is 111 Å². The van der Waals surface area contributed by atoms with Crippen molar-refractivity contribution in [1.82, 2.24) is 4.98 Å². The van der Waals surface area contributed by atoms with Crippen LogP contribution in [0.25, 0.3) is 23.1 Å². The number of nitrogens with zero attached hydrogens (tertiary/aromatic N) is 1. The number of hydrogen-bond donors (Lipinski definition) is 2. The normalized spacial score (nSPS) is 12.7. The lowest BCUT2D eigenvalue weighted by molar-refractivity contribution is 0.0691. The molecule has 2 N–H and O–H groups in total. The van der Waals surface area contributed by atoms with E-state index in [1.54, 1.807) is 6.07 Å². The number of pyridine rings is 1. The van der Waals surface area contributed by atoms with Gasteiger partial charge < -0.3 is 10.2 Å². The van der Waals surface area contributed by atoms with Crippen LogP contribution in [-0.4, -0.2) is 32.5 Å². The molecule has 1 heterocycles. The molecule has 4 nitrogen and oxygen atoms in total. The molecule has 0 radical (unpaired) electrons. The number of benzene rings is 3. The maximum absolute atomic E-state index is 11.8. The molecular formula is C33H33Cl2NO3S. The summed E-state index contributed by atoms with van der Waals surface area (Å²) in [5.41, 5.74) is 4.28. The monoisotopic (exact) mass is 593 g/mol. The van der Waals surface area contributed by atoms with Crippen LogP contribution in [0, 0.1) is 0 Å². The van der Waals surface area contributed by atoms with Gasteiger partial charge in [-0.05, 0) is 98.4 Å². The summed E-state index contributed by atoms with van der Waals surface area (Å²) < 4.78 is 0. The Morgan fingerprint density at radius 3 is 2.52 bits per heavy atom. The number of carboxylic acid groups (broad SMARTS) is 1. The summed E-state index contributed by atoms with van der Waals surface area (Å²) in [6.45, 7) is 3.66. The molecule has 1 unspecified atom stereocenters. The first-order chi connectivity index (χ1) is 19.1. The first-order valence-electron chi connectivity index (χ1n) is 13.3. The van der Waals surface area contributed by atoms with Crippen LogP contribution in [0.5, 0.6) is 0 Å². The standard InChI is InChI=1S/C33H33Cl2NO3S/c1-33(2,39)17-4-18-40-31(16-11-23-8-12-26(34)20-29(23)32(37)38)25-6-3-5-22(19-25)7-14-28-15-10-24-9-13-27(35)21-30(24)36-28/h3,5-10,12-15,19-21,31,39H,4,11,16-18H2,1-2H3,(H,37,38). The van der Waals surface area contributed by atoms with Gasteiger partial charge in [-0.3, -0.25) is 0 Å². The van der Waals surface area contributed by atoms with E-state index in [1.165, 1.54) is 11.6 Å². The van der Waals surface area contributed by atoms with Crippen LogP contribution < -0.4 is 0 Å². The van der Waals surface area contributed by atoms with Crippen molar-refractivity contribution in [2.45, 2.75) is 50.4 Å². The molecule has 1 atom stereocenters. The lowest BCUT2D eigenvalue weighted by Gasteiger charge is -2.20. The molecule has 0 aliphatic carbocycles. The van der Waals surface area contributed by atoms with Gasteiger partial charge in [0.15, 0.2) is 0 Å². The van der Waals surface area contributed by atoms with Crippen LogP contribution in [0.2, 0.25) is 10.0 Å². The Morgan fingerprint density at radius 1 is 1.00 bits per heavy atom. The second kappa shape index (κ2) is 13.7. The number of halogens is 2. The summed E-state index contributed by atoms with van der Waals surface area (Å²) in [6.07, 6.45) is 7.06. The number of thioether (sulfide) groups is 1. The van der Waals surface area contributed by atoms with Crippen LogP contribution in [-0.2, 0) is 6.42 Å². The number of aryl methyl sites for hydroxylation is 1. The molecule has 0 bridgehead atoms. The van der Waals surface area contributed by atoms with Gasteiger partial charge in [0, 0.05) is 20.7 Å². The number of carbonyl (C=O) groups is 1. The van der Waals surface area contributed by atoms with Crippen LogP contribution in [0.1, 0.15) is 71.1 Å². The zero-order chi connectivity index (χ0) is 28.7. The van der Waals surface area contributed by atoms with E-state index < -0.39 is 11.6 Å². The second-order valence-corrected chi connectivity index (χ2v) is 12.7. The highest BCUT2D eigenvalue weighted by Gasteiger charge is 2.18. The van der Waals surface area contributed by atoms with Crippen molar-refractivity contribution < 1.29 is 15.0 Å². The quantitative estimate of drug-likeness (QED) is 0.160. The van der Waals surface area contributed by atoms with Crippen molar-refractivity contribution >= 4 is 64.0 Å². The highest BCUT2D eigenvalue weighted by atomic mass is 35.5. The summed E-state index contributed by atoms with van der Waals surface area (Å²) in [5, 5.41) is 22.1. The van der Waals surface area contributed by atoms with Crippen molar-refractivity contribution in [3.63, 3.8) is 0 Å². The topological polar surface area (TPSA) is 70.4 Å². The number of carboxylic acids is 1. The van der Waals surface area contributed by atoms with Crippen molar-refractivity contribution in [2.75, 3.05) is 5.75 Å². The van der Waals surface area contributed by atoms with Crippen molar-refractivity contribution in [2.24, 2.45) is 0 Å². The molecule has 1 aromatic heterocycles. The molecule has 4 rings (SSSR count). The smallest absolute Gasteiger partial charge is 0.336 e. The Morgan fingerprint density at radius 2 is 1.75 bits per heavy atom. The molecule has 7 heteroatoms. The lowest BCUT2D eigenvalue weighted by Crippen LogP contribution is -2.18. The minimum Gasteiger partial charge on any atom is -0.478 e. The van der Waals surface area contributed by atoms with E-state index in [1.807, 2.05) is 68.1 Å². The summed E-state index contributed by atoms with van der Waals surface area (Å²) in [4.78, 5) is 16.5. The Labute approximate surface area is 250 Å². The zero-order valence-corrected chi connectivity index (χ0v) is 24.9. The lowest BCUT2D eigenvalue weighted by atomic mass is 9.98. The number of hydrogen-bond acceptors (Lipinski definition) is 4. The SMILES string of the molecule is CC(C)(O)CCCSC(CCc1ccc(Cl)cc1C(=O)O)c1cccc(C=Cc2ccc3ccc(Cl)cc3n2)c1. The van der Waals surface area contributed by atoms with E-state index in [4.69, 9.17) is 28.2 Å². The zero-order valence-electron chi connectivity index (χ0n) is 22.6. The fourth-order valence-electron chi connectivity index (χ4n) is 4.57. The van der Waals surface area contributed by atoms with Gasteiger partial charge in [0.2, 0.25) is 0 Å². The molecule has 0 saturated heterocycles. The molecule has 0 amide bonds. The maximum atomic E-state index is 11.8. The van der Waals surface area contributed by atoms with Gasteiger partial charge in [-0.2, -0.15) is 11.8 Å². The molecule has 3 aromatic carbocycles. The minimum absolute atomic E-state index is 0.161. The van der Waals surface area contributed by atoms with E-state index in [9.17, 15) is 15.0 Å². The third kappa shape index (κ3) is 8.84. The number of aromatic nitrogens is 1. The van der Waals surface area contributed by atoms with E-state index in [-0.39, 0.29) is 10.8 Å². The Balaban J connectivity index is 1.53. The van der Waals surface area contributed by atoms with Gasteiger partial charge in [-0.15, -0.1) is 0 Å². The first kappa shape index (κ1) is 30.1. The summed E-state index contributed by atoms with van der Waals surface area (Å²) in [6, 6.07) is 23.2. The first-order valence-corrected chi connectivity index (χ1v) is 15.1.